The molecular weight excluding hydrogens is 505 g/mol. The van der Waals surface area contributed by atoms with E-state index in [1.807, 2.05) is 51.1 Å². The Hall–Kier alpha value is -1.24. The summed E-state index contributed by atoms with van der Waals surface area (Å²) >= 11 is 1.83. The van der Waals surface area contributed by atoms with Gasteiger partial charge in [0, 0.05) is 26.7 Å². The summed E-state index contributed by atoms with van der Waals surface area (Å²) in [7, 11) is 1.93. The van der Waals surface area contributed by atoms with Crippen LogP contribution in [0.15, 0.2) is 4.99 Å². The van der Waals surface area contributed by atoms with Crippen LogP contribution in [0.25, 0.3) is 0 Å². The average Bonchev–Trinajstić information content (AvgIpc) is 2.92. The minimum atomic E-state index is -0.485. The maximum absolute atomic E-state index is 11.6. The summed E-state index contributed by atoms with van der Waals surface area (Å²) in [5, 5.41) is 17.6. The zero-order chi connectivity index (χ0) is 21.0. The molecule has 1 aromatic heterocycles. The van der Waals surface area contributed by atoms with Crippen molar-refractivity contribution in [3.05, 3.63) is 11.6 Å². The summed E-state index contributed by atoms with van der Waals surface area (Å²) in [4.78, 5) is 16.2. The van der Waals surface area contributed by atoms with Crippen LogP contribution >= 0.6 is 35.7 Å². The number of hydrogen-bond donors (Lipinski definition) is 3. The van der Waals surface area contributed by atoms with E-state index in [0.717, 1.165) is 42.7 Å². The largest absolute Gasteiger partial charge is 0.444 e. The molecule has 0 atom stereocenters. The lowest BCUT2D eigenvalue weighted by Crippen LogP contribution is -2.40. The number of thioether (sulfide) groups is 1. The van der Waals surface area contributed by atoms with Crippen molar-refractivity contribution >= 4 is 47.8 Å². The minimum absolute atomic E-state index is 0. The molecule has 0 radical (unpaired) electrons. The zero-order valence-electron chi connectivity index (χ0n) is 18.4. The number of hydrogen-bond acceptors (Lipinski definition) is 6. The second-order valence-electron chi connectivity index (χ2n) is 7.37. The van der Waals surface area contributed by atoms with E-state index in [1.54, 1.807) is 0 Å². The molecule has 0 fully saturated rings. The Labute approximate surface area is 195 Å². The fourth-order valence-electron chi connectivity index (χ4n) is 2.14. The molecule has 3 N–H and O–H groups in total. The van der Waals surface area contributed by atoms with Crippen molar-refractivity contribution in [3.63, 3.8) is 0 Å². The van der Waals surface area contributed by atoms with E-state index in [4.69, 9.17) is 4.74 Å². The summed E-state index contributed by atoms with van der Waals surface area (Å²) in [6, 6.07) is 0. The van der Waals surface area contributed by atoms with Gasteiger partial charge in [-0.25, -0.2) is 9.79 Å². The zero-order valence-corrected chi connectivity index (χ0v) is 21.5. The number of carbonyl (C=O) groups excluding carboxylic acids is 1. The number of aryl methyl sites for hydroxylation is 1. The first-order valence-electron chi connectivity index (χ1n) is 9.55. The van der Waals surface area contributed by atoms with Crippen LogP contribution in [-0.2, 0) is 18.3 Å². The van der Waals surface area contributed by atoms with E-state index in [9.17, 15) is 4.79 Å². The summed E-state index contributed by atoms with van der Waals surface area (Å²) in [6.07, 6.45) is 3.52. The van der Waals surface area contributed by atoms with Gasteiger partial charge in [-0.15, -0.1) is 34.2 Å². The molecule has 0 aromatic carbocycles. The standard InChI is InChI=1S/C18H35N7O2S.HI/c1-14-23-24-15(25(14)5)13-22-16(20-11-8-12-28-6)19-9-7-10-21-17(26)27-18(2,3)4;/h7-13H2,1-6H3,(H,21,26)(H2,19,20,22);1H. The smallest absolute Gasteiger partial charge is 0.407 e. The molecule has 11 heteroatoms. The second kappa shape index (κ2) is 14.7. The normalized spacial score (nSPS) is 11.6. The van der Waals surface area contributed by atoms with Gasteiger partial charge in [0.1, 0.15) is 18.0 Å². The van der Waals surface area contributed by atoms with Crippen molar-refractivity contribution in [2.45, 2.75) is 52.7 Å². The maximum Gasteiger partial charge on any atom is 0.407 e. The lowest BCUT2D eigenvalue weighted by Gasteiger charge is -2.19. The third kappa shape index (κ3) is 12.8. The average molecular weight is 542 g/mol. The van der Waals surface area contributed by atoms with E-state index < -0.39 is 11.7 Å². The van der Waals surface area contributed by atoms with Crippen LogP contribution in [0.5, 0.6) is 0 Å². The topological polar surface area (TPSA) is 105 Å². The maximum atomic E-state index is 11.6. The van der Waals surface area contributed by atoms with Crippen LogP contribution in [0.2, 0.25) is 0 Å². The minimum Gasteiger partial charge on any atom is -0.444 e. The van der Waals surface area contributed by atoms with Crippen LogP contribution in [0, 0.1) is 6.92 Å². The number of aliphatic imine (C=N–C) groups is 1. The molecule has 1 rings (SSSR count). The van der Waals surface area contributed by atoms with Gasteiger partial charge >= 0.3 is 6.09 Å². The Balaban J connectivity index is 0.00000784. The molecule has 29 heavy (non-hydrogen) atoms. The van der Waals surface area contributed by atoms with Gasteiger partial charge in [-0.05, 0) is 52.5 Å². The van der Waals surface area contributed by atoms with Crippen LogP contribution in [0.4, 0.5) is 4.79 Å². The van der Waals surface area contributed by atoms with Crippen molar-refractivity contribution in [2.75, 3.05) is 31.6 Å². The van der Waals surface area contributed by atoms with Gasteiger partial charge in [0.2, 0.25) is 0 Å². The number of alkyl carbamates (subject to hydrolysis) is 1. The monoisotopic (exact) mass is 541 g/mol. The number of ether oxygens (including phenoxy) is 1. The summed E-state index contributed by atoms with van der Waals surface area (Å²) in [5.41, 5.74) is -0.485. The van der Waals surface area contributed by atoms with E-state index in [2.05, 4.69) is 37.4 Å². The molecular formula is C18H36IN7O2S. The molecule has 9 nitrogen and oxygen atoms in total. The number of nitrogens with zero attached hydrogens (tertiary/aromatic N) is 4. The van der Waals surface area contributed by atoms with Crippen LogP contribution in [-0.4, -0.2) is 64.1 Å². The molecule has 0 bridgehead atoms. The van der Waals surface area contributed by atoms with Gasteiger partial charge in [0.05, 0.1) is 0 Å². The van der Waals surface area contributed by atoms with E-state index in [0.29, 0.717) is 19.6 Å². The fraction of sp³-hybridized carbons (Fsp3) is 0.778. The van der Waals surface area contributed by atoms with Crippen LogP contribution < -0.4 is 16.0 Å². The highest BCUT2D eigenvalue weighted by molar-refractivity contribution is 14.0. The number of rotatable bonds is 10. The van der Waals surface area contributed by atoms with Gasteiger partial charge in [-0.3, -0.25) is 0 Å². The summed E-state index contributed by atoms with van der Waals surface area (Å²) in [6.45, 7) is 9.96. The molecule has 1 aromatic rings. The number of carbonyl (C=O) groups is 1. The van der Waals surface area contributed by atoms with Crippen molar-refractivity contribution < 1.29 is 9.53 Å². The molecule has 168 valence electrons. The van der Waals surface area contributed by atoms with Crippen molar-refractivity contribution in [1.29, 1.82) is 0 Å². The molecule has 0 aliphatic rings. The quantitative estimate of drug-likeness (QED) is 0.181. The molecule has 0 spiro atoms. The Morgan fingerprint density at radius 3 is 2.31 bits per heavy atom. The van der Waals surface area contributed by atoms with Gasteiger partial charge in [0.25, 0.3) is 0 Å². The van der Waals surface area contributed by atoms with Crippen molar-refractivity contribution in [2.24, 2.45) is 12.0 Å². The highest BCUT2D eigenvalue weighted by Crippen LogP contribution is 2.06. The number of halogens is 1. The molecule has 0 aliphatic heterocycles. The molecule has 0 aliphatic carbocycles. The molecule has 1 heterocycles. The SMILES string of the molecule is CSCCCNC(=NCc1nnc(C)n1C)NCCCNC(=O)OC(C)(C)C.I. The molecule has 0 unspecified atom stereocenters. The number of guanidine groups is 1. The molecule has 1 amide bonds. The van der Waals surface area contributed by atoms with Gasteiger partial charge in [-0.1, -0.05) is 0 Å². The lowest BCUT2D eigenvalue weighted by atomic mass is 10.2. The Bertz CT molecular complexity index is 632. The third-order valence-corrected chi connectivity index (χ3v) is 4.39. The predicted molar refractivity (Wildman–Crippen MR) is 130 cm³/mol. The van der Waals surface area contributed by atoms with Gasteiger partial charge < -0.3 is 25.3 Å². The number of amides is 1. The van der Waals surface area contributed by atoms with Gasteiger partial charge in [0.15, 0.2) is 11.8 Å². The molecule has 0 saturated carbocycles. The predicted octanol–water partition coefficient (Wildman–Crippen LogP) is 2.44. The Morgan fingerprint density at radius 2 is 1.76 bits per heavy atom. The van der Waals surface area contributed by atoms with E-state index in [-0.39, 0.29) is 24.0 Å². The summed E-state index contributed by atoms with van der Waals surface area (Å²) in [5.74, 6) is 3.51. The Morgan fingerprint density at radius 1 is 1.14 bits per heavy atom. The summed E-state index contributed by atoms with van der Waals surface area (Å²) < 4.78 is 7.15. The lowest BCUT2D eigenvalue weighted by molar-refractivity contribution is 0.0527. The van der Waals surface area contributed by atoms with Crippen LogP contribution in [0.1, 0.15) is 45.3 Å². The van der Waals surface area contributed by atoms with Gasteiger partial charge in [-0.2, -0.15) is 11.8 Å². The Kier molecular flexibility index (Phi) is 14.1. The highest BCUT2D eigenvalue weighted by atomic mass is 127. The fourth-order valence-corrected chi connectivity index (χ4v) is 2.57. The van der Waals surface area contributed by atoms with Crippen LogP contribution in [0.3, 0.4) is 0 Å². The molecule has 0 saturated heterocycles. The first-order valence-corrected chi connectivity index (χ1v) is 10.9. The van der Waals surface area contributed by atoms with E-state index in [1.165, 1.54) is 0 Å². The van der Waals surface area contributed by atoms with Crippen molar-refractivity contribution in [3.8, 4) is 0 Å². The third-order valence-electron chi connectivity index (χ3n) is 3.69. The first-order chi connectivity index (χ1) is 13.2. The highest BCUT2D eigenvalue weighted by Gasteiger charge is 2.15. The van der Waals surface area contributed by atoms with Crippen molar-refractivity contribution in [1.82, 2.24) is 30.7 Å². The van der Waals surface area contributed by atoms with E-state index >= 15 is 0 Å². The number of nitrogens with one attached hydrogen (secondary N) is 3. The first kappa shape index (κ1) is 27.8. The number of aromatic nitrogens is 3. The second-order valence-corrected chi connectivity index (χ2v) is 8.36.